The minimum absolute atomic E-state index is 0.145. The molecule has 0 aliphatic heterocycles. The number of amides is 3. The number of halogens is 6. The third-order valence-electron chi connectivity index (χ3n) is 6.62. The summed E-state index contributed by atoms with van der Waals surface area (Å²) < 4.78 is 96.3. The van der Waals surface area contributed by atoms with Crippen molar-refractivity contribution in [3.05, 3.63) is 84.2 Å². The molecule has 0 spiro atoms. The monoisotopic (exact) mass is 672 g/mol. The number of nitrogens with zero attached hydrogens (tertiary/aromatic N) is 1. The van der Waals surface area contributed by atoms with Gasteiger partial charge in [-0.15, -0.1) is 13.2 Å². The molecule has 2 atom stereocenters. The zero-order chi connectivity index (χ0) is 35.6. The highest BCUT2D eigenvalue weighted by Crippen LogP contribution is 2.40. The molecule has 0 radical (unpaired) electrons. The first kappa shape index (κ1) is 38.8. The van der Waals surface area contributed by atoms with Crippen LogP contribution in [0.25, 0.3) is 0 Å². The number of pyridine rings is 1. The summed E-state index contributed by atoms with van der Waals surface area (Å²) in [7, 11) is 0. The molecule has 2 aromatic rings. The average molecular weight is 673 g/mol. The Labute approximate surface area is 268 Å². The number of alkyl halides is 6. The van der Waals surface area contributed by atoms with E-state index >= 15 is 0 Å². The molecule has 3 amide bonds. The Kier molecular flexibility index (Phi) is 13.1. The number of hydrogen-bond acceptors (Lipinski definition) is 6. The maximum absolute atomic E-state index is 14.5. The first-order valence-corrected chi connectivity index (χ1v) is 14.4. The molecule has 2 unspecified atom stereocenters. The number of allylic oxidation sites excluding steroid dienone is 2. The van der Waals surface area contributed by atoms with Crippen molar-refractivity contribution in [2.45, 2.75) is 89.5 Å². The predicted molar refractivity (Wildman–Crippen MR) is 162 cm³/mol. The van der Waals surface area contributed by atoms with E-state index in [1.54, 1.807) is 29.1 Å². The second-order valence-electron chi connectivity index (χ2n) is 11.5. The lowest BCUT2D eigenvalue weighted by molar-refractivity contribution is -0.273. The number of rotatable bonds is 13. The van der Waals surface area contributed by atoms with Gasteiger partial charge in [0.2, 0.25) is 5.60 Å². The standard InChI is InChI=1S/C32H38F6N4O5/c1-7-9-14-20(3)24-22(31(33,34)35)18-23(39-28(45)47-29(4,5)6)25(40-24)26(43)41-42-27(44)30(17-10-8-2,32(36,37)38)46-19-21-15-12-11-13-16-21/h7-8,11-13,15-16,18,20H,1-2,9-10,14,17,19H2,3-6H3,(H,39,45)(H,41,43)(H,42,44). The number of carbonyl (C=O) groups excluding carboxylic acids is 3. The highest BCUT2D eigenvalue weighted by Gasteiger charge is 2.61. The van der Waals surface area contributed by atoms with Gasteiger partial charge in [-0.1, -0.05) is 49.4 Å². The molecule has 1 heterocycles. The Morgan fingerprint density at radius 1 is 0.957 bits per heavy atom. The van der Waals surface area contributed by atoms with Crippen LogP contribution in [0.5, 0.6) is 0 Å². The van der Waals surface area contributed by atoms with Crippen LogP contribution in [-0.4, -0.2) is 40.3 Å². The number of anilines is 1. The number of hydrogen-bond donors (Lipinski definition) is 3. The summed E-state index contributed by atoms with van der Waals surface area (Å²) in [5, 5.41) is 2.05. The van der Waals surface area contributed by atoms with Gasteiger partial charge in [0.15, 0.2) is 5.69 Å². The van der Waals surface area contributed by atoms with Gasteiger partial charge in [0.1, 0.15) is 5.60 Å². The Bertz CT molecular complexity index is 1420. The Morgan fingerprint density at radius 3 is 2.11 bits per heavy atom. The molecule has 0 saturated carbocycles. The van der Waals surface area contributed by atoms with Crippen LogP contribution in [0.1, 0.15) is 86.6 Å². The van der Waals surface area contributed by atoms with Crippen molar-refractivity contribution in [3.63, 3.8) is 0 Å². The fourth-order valence-corrected chi connectivity index (χ4v) is 4.28. The SMILES string of the molecule is C=CCCC(C)c1nc(C(=O)NNC(=O)C(CCC=C)(OCc2ccccc2)C(F)(F)F)c(NC(=O)OC(C)(C)C)cc1C(F)(F)F. The molecule has 3 N–H and O–H groups in total. The highest BCUT2D eigenvalue weighted by atomic mass is 19.4. The van der Waals surface area contributed by atoms with Gasteiger partial charge in [-0.05, 0) is 64.0 Å². The van der Waals surface area contributed by atoms with Gasteiger partial charge in [0.05, 0.1) is 23.6 Å². The zero-order valence-corrected chi connectivity index (χ0v) is 26.4. The molecule has 0 saturated heterocycles. The van der Waals surface area contributed by atoms with E-state index in [0.717, 1.165) is 6.08 Å². The summed E-state index contributed by atoms with van der Waals surface area (Å²) in [6.07, 6.45) is -9.67. The topological polar surface area (TPSA) is 119 Å². The Balaban J connectivity index is 2.56. The predicted octanol–water partition coefficient (Wildman–Crippen LogP) is 7.76. The third-order valence-corrected chi connectivity index (χ3v) is 6.62. The van der Waals surface area contributed by atoms with Crippen LogP contribution >= 0.6 is 0 Å². The van der Waals surface area contributed by atoms with Gasteiger partial charge in [-0.25, -0.2) is 9.78 Å². The second kappa shape index (κ2) is 15.9. The minimum Gasteiger partial charge on any atom is -0.444 e. The van der Waals surface area contributed by atoms with Crippen LogP contribution in [0.15, 0.2) is 61.7 Å². The molecule has 0 bridgehead atoms. The maximum atomic E-state index is 14.5. The number of benzene rings is 1. The summed E-state index contributed by atoms with van der Waals surface area (Å²) in [5.74, 6) is -4.13. The fourth-order valence-electron chi connectivity index (χ4n) is 4.28. The molecule has 15 heteroatoms. The smallest absolute Gasteiger partial charge is 0.426 e. The number of ether oxygens (including phenoxy) is 2. The number of hydrazine groups is 1. The van der Waals surface area contributed by atoms with Crippen LogP contribution in [0.2, 0.25) is 0 Å². The summed E-state index contributed by atoms with van der Waals surface area (Å²) >= 11 is 0. The Hall–Kier alpha value is -4.40. The van der Waals surface area contributed by atoms with E-state index in [2.05, 4.69) is 18.1 Å². The van der Waals surface area contributed by atoms with Crippen LogP contribution in [-0.2, 0) is 27.1 Å². The molecule has 47 heavy (non-hydrogen) atoms. The molecular weight excluding hydrogens is 634 g/mol. The summed E-state index contributed by atoms with van der Waals surface area (Å²) in [4.78, 5) is 43.0. The van der Waals surface area contributed by atoms with E-state index in [0.29, 0.717) is 18.1 Å². The maximum Gasteiger partial charge on any atom is 0.426 e. The number of carbonyl (C=O) groups is 3. The molecule has 1 aromatic heterocycles. The number of aromatic nitrogens is 1. The number of nitrogens with one attached hydrogen (secondary N) is 3. The van der Waals surface area contributed by atoms with E-state index in [1.165, 1.54) is 45.9 Å². The highest BCUT2D eigenvalue weighted by molar-refractivity contribution is 6.02. The minimum atomic E-state index is -5.29. The van der Waals surface area contributed by atoms with E-state index in [-0.39, 0.29) is 12.8 Å². The van der Waals surface area contributed by atoms with Crippen LogP contribution in [0, 0.1) is 0 Å². The lowest BCUT2D eigenvalue weighted by atomic mass is 9.95. The first-order chi connectivity index (χ1) is 21.8. The van der Waals surface area contributed by atoms with E-state index in [4.69, 9.17) is 9.47 Å². The quantitative estimate of drug-likeness (QED) is 0.114. The van der Waals surface area contributed by atoms with Crippen LogP contribution in [0.3, 0.4) is 0 Å². The largest absolute Gasteiger partial charge is 0.444 e. The third kappa shape index (κ3) is 10.8. The normalized spacial score (nSPS) is 13.9. The van der Waals surface area contributed by atoms with Crippen molar-refractivity contribution in [2.24, 2.45) is 0 Å². The van der Waals surface area contributed by atoms with Crippen LogP contribution in [0.4, 0.5) is 36.8 Å². The summed E-state index contributed by atoms with van der Waals surface area (Å²) in [5.41, 5.74) is -4.23. The van der Waals surface area contributed by atoms with Crippen molar-refractivity contribution in [1.29, 1.82) is 0 Å². The molecule has 2 rings (SSSR count). The Morgan fingerprint density at radius 2 is 1.57 bits per heavy atom. The lowest BCUT2D eigenvalue weighted by Crippen LogP contribution is -2.61. The summed E-state index contributed by atoms with van der Waals surface area (Å²) in [6, 6.07) is 8.19. The van der Waals surface area contributed by atoms with Gasteiger partial charge >= 0.3 is 18.4 Å². The molecule has 0 aliphatic rings. The van der Waals surface area contributed by atoms with Gasteiger partial charge < -0.3 is 9.47 Å². The van der Waals surface area contributed by atoms with Crippen LogP contribution < -0.4 is 16.2 Å². The van der Waals surface area contributed by atoms with Crippen molar-refractivity contribution < 1.29 is 50.2 Å². The van der Waals surface area contributed by atoms with Gasteiger partial charge in [0.25, 0.3) is 11.8 Å². The van der Waals surface area contributed by atoms with Gasteiger partial charge in [-0.3, -0.25) is 25.8 Å². The van der Waals surface area contributed by atoms with Crippen molar-refractivity contribution in [3.8, 4) is 0 Å². The average Bonchev–Trinajstić information content (AvgIpc) is 2.96. The lowest BCUT2D eigenvalue weighted by Gasteiger charge is -2.34. The van der Waals surface area contributed by atoms with E-state index in [1.807, 2.05) is 5.32 Å². The van der Waals surface area contributed by atoms with E-state index in [9.17, 15) is 40.7 Å². The molecule has 1 aromatic carbocycles. The van der Waals surface area contributed by atoms with Gasteiger partial charge in [-0.2, -0.15) is 26.3 Å². The van der Waals surface area contributed by atoms with Crippen molar-refractivity contribution in [2.75, 3.05) is 5.32 Å². The molecule has 0 fully saturated rings. The van der Waals surface area contributed by atoms with Crippen molar-refractivity contribution in [1.82, 2.24) is 15.8 Å². The molecule has 258 valence electrons. The first-order valence-electron chi connectivity index (χ1n) is 14.4. The fraction of sp³-hybridized carbons (Fsp3) is 0.438. The second-order valence-corrected chi connectivity index (χ2v) is 11.5. The van der Waals surface area contributed by atoms with E-state index < -0.39 is 83.0 Å². The van der Waals surface area contributed by atoms with Crippen molar-refractivity contribution >= 4 is 23.6 Å². The molecular formula is C32H38F6N4O5. The zero-order valence-electron chi connectivity index (χ0n) is 26.4. The summed E-state index contributed by atoms with van der Waals surface area (Å²) in [6.45, 7) is 12.2. The molecule has 0 aliphatic carbocycles. The molecule has 9 nitrogen and oxygen atoms in total. The van der Waals surface area contributed by atoms with Gasteiger partial charge in [0, 0.05) is 0 Å².